The van der Waals surface area contributed by atoms with Gasteiger partial charge in [0.05, 0.1) is 22.5 Å². The largest absolute Gasteiger partial charge is 0.364 e. The first-order valence-electron chi connectivity index (χ1n) is 9.33. The van der Waals surface area contributed by atoms with E-state index in [1.54, 1.807) is 6.33 Å². The van der Waals surface area contributed by atoms with E-state index in [2.05, 4.69) is 20.3 Å². The number of amides is 1. The molecule has 4 heterocycles. The van der Waals surface area contributed by atoms with E-state index < -0.39 is 0 Å². The minimum Gasteiger partial charge on any atom is -0.364 e. The molecular weight excluding hydrogens is 358 g/mol. The molecule has 1 aliphatic rings. The summed E-state index contributed by atoms with van der Waals surface area (Å²) in [6.07, 6.45) is 4.94. The third-order valence-corrected chi connectivity index (χ3v) is 6.14. The molecule has 6 nitrogen and oxygen atoms in total. The molecule has 0 atom stereocenters. The third-order valence-electron chi connectivity index (χ3n) is 4.95. The number of carbonyl (C=O) groups excluding carboxylic acids is 1. The predicted molar refractivity (Wildman–Crippen MR) is 108 cm³/mol. The molecule has 7 heteroatoms. The molecule has 0 saturated carbocycles. The number of pyridine rings is 1. The number of thiophene rings is 1. The quantitative estimate of drug-likeness (QED) is 0.741. The Labute approximate surface area is 162 Å². The van der Waals surface area contributed by atoms with E-state index in [1.165, 1.54) is 17.8 Å². The first-order chi connectivity index (χ1) is 13.1. The molecule has 1 fully saturated rings. The lowest BCUT2D eigenvalue weighted by Gasteiger charge is -2.26. The van der Waals surface area contributed by atoms with E-state index >= 15 is 0 Å². The standard InChI is InChI=1S/C20H23N5OS/c1-13-7-6-8-15(24-13)11-21-18-16-14(2)17(27-19(16)23-12-22-18)20(26)25-9-4-3-5-10-25/h6-8,12H,3-5,9-11H2,1-2H3,(H,21,22,23). The zero-order valence-corrected chi connectivity index (χ0v) is 16.5. The van der Waals surface area contributed by atoms with Crippen molar-refractivity contribution in [1.82, 2.24) is 19.9 Å². The SMILES string of the molecule is Cc1cccc(CNc2ncnc3sc(C(=O)N4CCCCC4)c(C)c23)n1. The Kier molecular flexibility index (Phi) is 5.03. The van der Waals surface area contributed by atoms with E-state index in [0.717, 1.165) is 63.8 Å². The number of nitrogens with one attached hydrogen (secondary N) is 1. The van der Waals surface area contributed by atoms with Crippen LogP contribution in [-0.2, 0) is 6.54 Å². The highest BCUT2D eigenvalue weighted by Gasteiger charge is 2.24. The van der Waals surface area contributed by atoms with Crippen molar-refractivity contribution in [2.45, 2.75) is 39.7 Å². The molecule has 0 aliphatic carbocycles. The zero-order valence-electron chi connectivity index (χ0n) is 15.7. The molecule has 27 heavy (non-hydrogen) atoms. The second kappa shape index (κ2) is 7.60. The lowest BCUT2D eigenvalue weighted by atomic mass is 10.1. The highest BCUT2D eigenvalue weighted by Crippen LogP contribution is 2.34. The lowest BCUT2D eigenvalue weighted by molar-refractivity contribution is 0.0728. The number of rotatable bonds is 4. The summed E-state index contributed by atoms with van der Waals surface area (Å²) in [5.74, 6) is 0.885. The molecule has 0 bridgehead atoms. The maximum absolute atomic E-state index is 13.0. The molecular formula is C20H23N5OS. The van der Waals surface area contributed by atoms with Gasteiger partial charge < -0.3 is 10.2 Å². The Bertz CT molecular complexity index is 978. The molecule has 3 aromatic heterocycles. The van der Waals surface area contributed by atoms with Crippen molar-refractivity contribution < 1.29 is 4.79 Å². The van der Waals surface area contributed by atoms with Gasteiger partial charge in [0.1, 0.15) is 17.0 Å². The van der Waals surface area contributed by atoms with E-state index in [0.29, 0.717) is 6.54 Å². The fourth-order valence-electron chi connectivity index (χ4n) is 3.52. The molecule has 0 radical (unpaired) electrons. The molecule has 0 aromatic carbocycles. The second-order valence-corrected chi connectivity index (χ2v) is 7.93. The Hall–Kier alpha value is -2.54. The lowest BCUT2D eigenvalue weighted by Crippen LogP contribution is -2.35. The number of carbonyl (C=O) groups is 1. The van der Waals surface area contributed by atoms with E-state index in [1.807, 2.05) is 36.9 Å². The average Bonchev–Trinajstić information content (AvgIpc) is 3.04. The smallest absolute Gasteiger partial charge is 0.264 e. The van der Waals surface area contributed by atoms with Gasteiger partial charge in [0, 0.05) is 18.8 Å². The molecule has 1 amide bonds. The first-order valence-corrected chi connectivity index (χ1v) is 10.1. The van der Waals surface area contributed by atoms with E-state index in [4.69, 9.17) is 0 Å². The van der Waals surface area contributed by atoms with Gasteiger partial charge in [0.25, 0.3) is 5.91 Å². The van der Waals surface area contributed by atoms with Gasteiger partial charge in [0.2, 0.25) is 0 Å². The summed E-state index contributed by atoms with van der Waals surface area (Å²) in [5.41, 5.74) is 2.91. The summed E-state index contributed by atoms with van der Waals surface area (Å²) >= 11 is 1.47. The highest BCUT2D eigenvalue weighted by atomic mass is 32.1. The number of aryl methyl sites for hydroxylation is 2. The van der Waals surface area contributed by atoms with E-state index in [-0.39, 0.29) is 5.91 Å². The number of likely N-dealkylation sites (tertiary alicyclic amines) is 1. The van der Waals surface area contributed by atoms with Gasteiger partial charge in [-0.15, -0.1) is 11.3 Å². The van der Waals surface area contributed by atoms with Crippen LogP contribution in [0.2, 0.25) is 0 Å². The average molecular weight is 382 g/mol. The molecule has 140 valence electrons. The maximum Gasteiger partial charge on any atom is 0.264 e. The zero-order chi connectivity index (χ0) is 18.8. The Morgan fingerprint density at radius 2 is 2.00 bits per heavy atom. The van der Waals surface area contributed by atoms with Crippen LogP contribution >= 0.6 is 11.3 Å². The molecule has 4 rings (SSSR count). The fourth-order valence-corrected chi connectivity index (χ4v) is 4.64. The predicted octanol–water partition coefficient (Wildman–Crippen LogP) is 3.94. The van der Waals surface area contributed by atoms with Crippen LogP contribution in [0.5, 0.6) is 0 Å². The normalized spacial score (nSPS) is 14.5. The second-order valence-electron chi connectivity index (χ2n) is 6.94. The summed E-state index contributed by atoms with van der Waals surface area (Å²) < 4.78 is 0. The highest BCUT2D eigenvalue weighted by molar-refractivity contribution is 7.20. The van der Waals surface area contributed by atoms with Gasteiger partial charge in [-0.1, -0.05) is 6.07 Å². The van der Waals surface area contributed by atoms with Gasteiger partial charge in [-0.3, -0.25) is 9.78 Å². The monoisotopic (exact) mass is 381 g/mol. The fraction of sp³-hybridized carbons (Fsp3) is 0.400. The Balaban J connectivity index is 1.62. The van der Waals surface area contributed by atoms with Crippen molar-refractivity contribution in [2.24, 2.45) is 0 Å². The summed E-state index contributed by atoms with van der Waals surface area (Å²) in [6.45, 7) is 6.26. The summed E-state index contributed by atoms with van der Waals surface area (Å²) in [5, 5.41) is 4.31. The van der Waals surface area contributed by atoms with Gasteiger partial charge in [-0.2, -0.15) is 0 Å². The van der Waals surface area contributed by atoms with Crippen LogP contribution < -0.4 is 5.32 Å². The van der Waals surface area contributed by atoms with Gasteiger partial charge in [-0.25, -0.2) is 9.97 Å². The van der Waals surface area contributed by atoms with Crippen LogP contribution in [0.1, 0.15) is 45.9 Å². The van der Waals surface area contributed by atoms with Crippen LogP contribution in [0.4, 0.5) is 5.82 Å². The first kappa shape index (κ1) is 17.9. The minimum absolute atomic E-state index is 0.126. The van der Waals surface area contributed by atoms with Crippen molar-refractivity contribution in [2.75, 3.05) is 18.4 Å². The molecule has 1 aliphatic heterocycles. The summed E-state index contributed by atoms with van der Waals surface area (Å²) in [7, 11) is 0. The number of fused-ring (bicyclic) bond motifs is 1. The number of piperidine rings is 1. The maximum atomic E-state index is 13.0. The van der Waals surface area contributed by atoms with Crippen LogP contribution in [0.3, 0.4) is 0 Å². The van der Waals surface area contributed by atoms with Gasteiger partial charge in [0.15, 0.2) is 0 Å². The van der Waals surface area contributed by atoms with Crippen LogP contribution in [-0.4, -0.2) is 38.8 Å². The number of nitrogens with zero attached hydrogens (tertiary/aromatic N) is 4. The third kappa shape index (κ3) is 3.64. The number of anilines is 1. The summed E-state index contributed by atoms with van der Waals surface area (Å²) in [6, 6.07) is 5.97. The van der Waals surface area contributed by atoms with Crippen molar-refractivity contribution >= 4 is 33.3 Å². The molecule has 3 aromatic rings. The van der Waals surface area contributed by atoms with Crippen LogP contribution in [0.25, 0.3) is 10.2 Å². The van der Waals surface area contributed by atoms with Crippen molar-refractivity contribution in [3.8, 4) is 0 Å². The Morgan fingerprint density at radius 1 is 1.19 bits per heavy atom. The molecule has 1 saturated heterocycles. The van der Waals surface area contributed by atoms with Crippen molar-refractivity contribution in [3.63, 3.8) is 0 Å². The number of hydrogen-bond acceptors (Lipinski definition) is 6. The number of aromatic nitrogens is 3. The molecule has 0 unspecified atom stereocenters. The number of hydrogen-bond donors (Lipinski definition) is 1. The van der Waals surface area contributed by atoms with Crippen molar-refractivity contribution in [3.05, 3.63) is 46.4 Å². The van der Waals surface area contributed by atoms with Crippen LogP contribution in [0.15, 0.2) is 24.5 Å². The van der Waals surface area contributed by atoms with Gasteiger partial charge in [-0.05, 0) is 50.8 Å². The Morgan fingerprint density at radius 3 is 2.78 bits per heavy atom. The minimum atomic E-state index is 0.126. The molecule has 1 N–H and O–H groups in total. The van der Waals surface area contributed by atoms with E-state index in [9.17, 15) is 4.79 Å². The van der Waals surface area contributed by atoms with Crippen LogP contribution in [0, 0.1) is 13.8 Å². The molecule has 0 spiro atoms. The van der Waals surface area contributed by atoms with Gasteiger partial charge >= 0.3 is 0 Å². The van der Waals surface area contributed by atoms with Crippen molar-refractivity contribution in [1.29, 1.82) is 0 Å². The topological polar surface area (TPSA) is 71.0 Å². The summed E-state index contributed by atoms with van der Waals surface area (Å²) in [4.78, 5) is 29.9.